The van der Waals surface area contributed by atoms with E-state index in [-0.39, 0.29) is 6.61 Å². The van der Waals surface area contributed by atoms with Gasteiger partial charge in [0.05, 0.1) is 6.61 Å². The summed E-state index contributed by atoms with van der Waals surface area (Å²) in [5, 5.41) is 20.6. The minimum absolute atomic E-state index is 0.226. The van der Waals surface area contributed by atoms with Crippen molar-refractivity contribution in [3.63, 3.8) is 0 Å². The quantitative estimate of drug-likeness (QED) is 0.635. The molecule has 0 saturated carbocycles. The van der Waals surface area contributed by atoms with Gasteiger partial charge < -0.3 is 33.9 Å². The predicted octanol–water partition coefficient (Wildman–Crippen LogP) is -0.305. The standard InChI is InChI=1S/C12H20O7/c1-10(2)15-5-6(17-10)7-12(13,14)8-9(16-7)19-11(3,4)18-8/h6-9,13-14H,5H2,1-4H3/t6-,7-,8+,9-/m1/s1. The Bertz CT molecular complexity index is 378. The van der Waals surface area contributed by atoms with Crippen molar-refractivity contribution in [1.29, 1.82) is 0 Å². The van der Waals surface area contributed by atoms with Crippen LogP contribution in [0.15, 0.2) is 0 Å². The third-order valence-electron chi connectivity index (χ3n) is 3.54. The lowest BCUT2D eigenvalue weighted by atomic mass is 10.0. The van der Waals surface area contributed by atoms with E-state index in [1.807, 2.05) is 0 Å². The smallest absolute Gasteiger partial charge is 0.225 e. The van der Waals surface area contributed by atoms with Gasteiger partial charge >= 0.3 is 0 Å². The van der Waals surface area contributed by atoms with Crippen molar-refractivity contribution in [3.05, 3.63) is 0 Å². The monoisotopic (exact) mass is 276 g/mol. The van der Waals surface area contributed by atoms with Crippen LogP contribution in [0.4, 0.5) is 0 Å². The fourth-order valence-corrected chi connectivity index (χ4v) is 2.75. The van der Waals surface area contributed by atoms with Crippen LogP contribution in [-0.2, 0) is 23.7 Å². The van der Waals surface area contributed by atoms with E-state index < -0.39 is 42.0 Å². The van der Waals surface area contributed by atoms with Gasteiger partial charge in [-0.05, 0) is 27.7 Å². The zero-order chi connectivity index (χ0) is 14.1. The summed E-state index contributed by atoms with van der Waals surface area (Å²) >= 11 is 0. The lowest BCUT2D eigenvalue weighted by Gasteiger charge is -2.31. The lowest BCUT2D eigenvalue weighted by Crippen LogP contribution is -2.54. The summed E-state index contributed by atoms with van der Waals surface area (Å²) in [7, 11) is 0. The number of aliphatic hydroxyl groups is 2. The molecule has 0 aromatic rings. The van der Waals surface area contributed by atoms with E-state index in [9.17, 15) is 10.2 Å². The van der Waals surface area contributed by atoms with Crippen LogP contribution in [0.3, 0.4) is 0 Å². The highest BCUT2D eigenvalue weighted by molar-refractivity contribution is 5.02. The van der Waals surface area contributed by atoms with Crippen molar-refractivity contribution >= 4 is 0 Å². The molecule has 110 valence electrons. The van der Waals surface area contributed by atoms with Gasteiger partial charge in [-0.15, -0.1) is 0 Å². The second kappa shape index (κ2) is 3.88. The number of ether oxygens (including phenoxy) is 5. The minimum Gasteiger partial charge on any atom is -0.361 e. The molecular formula is C12H20O7. The first kappa shape index (κ1) is 13.7. The largest absolute Gasteiger partial charge is 0.361 e. The van der Waals surface area contributed by atoms with E-state index in [4.69, 9.17) is 23.7 Å². The highest BCUT2D eigenvalue weighted by Crippen LogP contribution is 2.44. The SMILES string of the molecule is CC1(C)OC[C@H]([C@H]2O[C@@H]3OC(C)(C)O[C@@H]3C2(O)O)O1. The second-order valence-electron chi connectivity index (χ2n) is 6.13. The molecule has 3 aliphatic rings. The second-order valence-corrected chi connectivity index (χ2v) is 6.13. The number of rotatable bonds is 1. The molecule has 3 aliphatic heterocycles. The molecule has 2 N–H and O–H groups in total. The first-order valence-electron chi connectivity index (χ1n) is 6.38. The molecular weight excluding hydrogens is 256 g/mol. The maximum absolute atomic E-state index is 10.3. The average molecular weight is 276 g/mol. The van der Waals surface area contributed by atoms with Gasteiger partial charge in [-0.1, -0.05) is 0 Å². The Balaban J connectivity index is 1.77. The van der Waals surface area contributed by atoms with Gasteiger partial charge in [-0.25, -0.2) is 0 Å². The van der Waals surface area contributed by atoms with Gasteiger partial charge in [0.15, 0.2) is 24.0 Å². The summed E-state index contributed by atoms with van der Waals surface area (Å²) in [4.78, 5) is 0. The molecule has 0 unspecified atom stereocenters. The van der Waals surface area contributed by atoms with E-state index in [1.165, 1.54) is 0 Å². The summed E-state index contributed by atoms with van der Waals surface area (Å²) < 4.78 is 27.6. The van der Waals surface area contributed by atoms with Gasteiger partial charge in [0.1, 0.15) is 12.2 Å². The molecule has 0 aromatic heterocycles. The molecule has 0 spiro atoms. The molecule has 0 bridgehead atoms. The molecule has 4 atom stereocenters. The van der Waals surface area contributed by atoms with Crippen molar-refractivity contribution < 1.29 is 33.9 Å². The Labute approximate surface area is 111 Å². The normalized spacial score (nSPS) is 46.4. The van der Waals surface area contributed by atoms with Crippen LogP contribution < -0.4 is 0 Å². The van der Waals surface area contributed by atoms with Gasteiger partial charge in [0.25, 0.3) is 0 Å². The fourth-order valence-electron chi connectivity index (χ4n) is 2.75. The molecule has 19 heavy (non-hydrogen) atoms. The van der Waals surface area contributed by atoms with E-state index in [0.29, 0.717) is 0 Å². The summed E-state index contributed by atoms with van der Waals surface area (Å²) in [6.07, 6.45) is -3.33. The van der Waals surface area contributed by atoms with Crippen LogP contribution in [0.1, 0.15) is 27.7 Å². The van der Waals surface area contributed by atoms with Crippen molar-refractivity contribution in [3.8, 4) is 0 Å². The Kier molecular flexibility index (Phi) is 2.80. The minimum atomic E-state index is -2.17. The fraction of sp³-hybridized carbons (Fsp3) is 1.00. The zero-order valence-electron chi connectivity index (χ0n) is 11.5. The Morgan fingerprint density at radius 2 is 1.58 bits per heavy atom. The Hall–Kier alpha value is -0.280. The molecule has 0 aromatic carbocycles. The van der Waals surface area contributed by atoms with Crippen molar-refractivity contribution in [1.82, 2.24) is 0 Å². The Morgan fingerprint density at radius 1 is 0.895 bits per heavy atom. The van der Waals surface area contributed by atoms with E-state index in [2.05, 4.69) is 0 Å². The first-order valence-corrected chi connectivity index (χ1v) is 6.38. The predicted molar refractivity (Wildman–Crippen MR) is 60.8 cm³/mol. The summed E-state index contributed by atoms with van der Waals surface area (Å²) in [5.41, 5.74) is 0. The maximum Gasteiger partial charge on any atom is 0.225 e. The molecule has 3 saturated heterocycles. The summed E-state index contributed by atoms with van der Waals surface area (Å²) in [5.74, 6) is -3.83. The topological polar surface area (TPSA) is 86.6 Å². The van der Waals surface area contributed by atoms with E-state index in [0.717, 1.165) is 0 Å². The van der Waals surface area contributed by atoms with Gasteiger partial charge in [-0.3, -0.25) is 0 Å². The Morgan fingerprint density at radius 3 is 2.11 bits per heavy atom. The lowest BCUT2D eigenvalue weighted by molar-refractivity contribution is -0.297. The van der Waals surface area contributed by atoms with Gasteiger partial charge in [0.2, 0.25) is 5.79 Å². The molecule has 3 heterocycles. The molecule has 3 rings (SSSR count). The van der Waals surface area contributed by atoms with E-state index in [1.54, 1.807) is 27.7 Å². The van der Waals surface area contributed by atoms with Crippen LogP contribution >= 0.6 is 0 Å². The van der Waals surface area contributed by atoms with Crippen molar-refractivity contribution in [2.45, 2.75) is 69.7 Å². The van der Waals surface area contributed by atoms with Crippen LogP contribution in [0.2, 0.25) is 0 Å². The number of hydrogen-bond acceptors (Lipinski definition) is 7. The van der Waals surface area contributed by atoms with Crippen LogP contribution in [0.5, 0.6) is 0 Å². The third kappa shape index (κ3) is 2.19. The average Bonchev–Trinajstić information content (AvgIpc) is 2.80. The van der Waals surface area contributed by atoms with Crippen molar-refractivity contribution in [2.75, 3.05) is 6.61 Å². The van der Waals surface area contributed by atoms with Crippen molar-refractivity contribution in [2.24, 2.45) is 0 Å². The van der Waals surface area contributed by atoms with Crippen LogP contribution in [-0.4, -0.2) is 58.8 Å². The zero-order valence-corrected chi connectivity index (χ0v) is 11.5. The van der Waals surface area contributed by atoms with Gasteiger partial charge in [0, 0.05) is 0 Å². The summed E-state index contributed by atoms with van der Waals surface area (Å²) in [6, 6.07) is 0. The van der Waals surface area contributed by atoms with Crippen LogP contribution in [0.25, 0.3) is 0 Å². The molecule has 0 amide bonds. The highest BCUT2D eigenvalue weighted by Gasteiger charge is 2.65. The van der Waals surface area contributed by atoms with Crippen LogP contribution in [0, 0.1) is 0 Å². The van der Waals surface area contributed by atoms with E-state index >= 15 is 0 Å². The number of hydrogen-bond donors (Lipinski definition) is 2. The maximum atomic E-state index is 10.3. The first-order chi connectivity index (χ1) is 8.61. The molecule has 0 radical (unpaired) electrons. The number of fused-ring (bicyclic) bond motifs is 1. The molecule has 3 fully saturated rings. The third-order valence-corrected chi connectivity index (χ3v) is 3.54. The van der Waals surface area contributed by atoms with Gasteiger partial charge in [-0.2, -0.15) is 0 Å². The highest BCUT2D eigenvalue weighted by atomic mass is 16.9. The summed E-state index contributed by atoms with van der Waals surface area (Å²) in [6.45, 7) is 7.13. The molecule has 7 nitrogen and oxygen atoms in total. The molecule has 0 aliphatic carbocycles. The molecule has 7 heteroatoms.